The number of benzene rings is 2. The van der Waals surface area contributed by atoms with Crippen LogP contribution in [0.5, 0.6) is 5.75 Å². The number of ether oxygens (including phenoxy) is 1. The molecule has 0 bridgehead atoms. The number of halogens is 1. The van der Waals surface area contributed by atoms with E-state index >= 15 is 0 Å². The van der Waals surface area contributed by atoms with E-state index in [-0.39, 0.29) is 12.3 Å². The number of carboxylic acid groups (broad SMARTS) is 1. The fourth-order valence-corrected chi connectivity index (χ4v) is 5.66. The Balaban J connectivity index is 2.38. The maximum absolute atomic E-state index is 13.5. The average Bonchev–Trinajstić information content (AvgIpc) is 2.95. The van der Waals surface area contributed by atoms with Crippen molar-refractivity contribution in [1.29, 1.82) is 0 Å². The fourth-order valence-electron chi connectivity index (χ4n) is 3.51. The molecule has 146 valence electrons. The van der Waals surface area contributed by atoms with E-state index in [4.69, 9.17) is 16.3 Å². The lowest BCUT2D eigenvalue weighted by atomic mass is 10.1. The van der Waals surface area contributed by atoms with E-state index in [1.165, 1.54) is 0 Å². The highest BCUT2D eigenvalue weighted by molar-refractivity contribution is 6.89. The van der Waals surface area contributed by atoms with E-state index < -0.39 is 14.0 Å². The van der Waals surface area contributed by atoms with Crippen LogP contribution in [-0.4, -0.2) is 36.7 Å². The van der Waals surface area contributed by atoms with E-state index in [9.17, 15) is 14.7 Å². The molecule has 1 aromatic heterocycles. The largest absolute Gasteiger partial charge is 0.497 e. The minimum Gasteiger partial charge on any atom is -0.497 e. The molecule has 0 fully saturated rings. The second-order valence-electron chi connectivity index (χ2n) is 7.68. The van der Waals surface area contributed by atoms with E-state index in [1.807, 2.05) is 12.1 Å². The zero-order valence-electron chi connectivity index (χ0n) is 16.2. The van der Waals surface area contributed by atoms with E-state index in [1.54, 1.807) is 42.0 Å². The summed E-state index contributed by atoms with van der Waals surface area (Å²) in [5.74, 6) is -0.501. The number of nitrogens with zero attached hydrogens (tertiary/aromatic N) is 1. The summed E-state index contributed by atoms with van der Waals surface area (Å²) in [5.41, 5.74) is 1.87. The van der Waals surface area contributed by atoms with Crippen LogP contribution in [0.15, 0.2) is 42.5 Å². The highest BCUT2D eigenvalue weighted by Crippen LogP contribution is 2.28. The third kappa shape index (κ3) is 3.70. The Morgan fingerprint density at radius 1 is 1.11 bits per heavy atom. The number of fused-ring (bicyclic) bond motifs is 1. The van der Waals surface area contributed by atoms with Crippen LogP contribution in [0.3, 0.4) is 0 Å². The van der Waals surface area contributed by atoms with Crippen LogP contribution in [0.25, 0.3) is 10.9 Å². The van der Waals surface area contributed by atoms with E-state index in [0.717, 1.165) is 10.7 Å². The summed E-state index contributed by atoms with van der Waals surface area (Å²) in [7, 11) is -0.532. The summed E-state index contributed by atoms with van der Waals surface area (Å²) in [4.78, 5) is 25.1. The van der Waals surface area contributed by atoms with Gasteiger partial charge in [-0.15, -0.1) is 0 Å². The van der Waals surface area contributed by atoms with Gasteiger partial charge in [-0.3, -0.25) is 14.2 Å². The van der Waals surface area contributed by atoms with Gasteiger partial charge in [0, 0.05) is 21.3 Å². The van der Waals surface area contributed by atoms with Gasteiger partial charge in [-0.05, 0) is 48.0 Å². The lowest BCUT2D eigenvalue weighted by molar-refractivity contribution is -0.136. The third-order valence-corrected chi connectivity index (χ3v) is 6.81. The zero-order chi connectivity index (χ0) is 20.6. The second kappa shape index (κ2) is 7.45. The molecule has 0 atom stereocenters. The molecule has 0 aliphatic carbocycles. The Hall–Kier alpha value is -2.57. The Morgan fingerprint density at radius 3 is 2.29 bits per heavy atom. The molecule has 0 saturated heterocycles. The number of aliphatic carboxylic acids is 1. The first kappa shape index (κ1) is 20.2. The molecule has 7 heteroatoms. The van der Waals surface area contributed by atoms with Crippen molar-refractivity contribution in [3.63, 3.8) is 0 Å². The van der Waals surface area contributed by atoms with Crippen LogP contribution < -0.4 is 10.1 Å². The molecule has 2 aromatic carbocycles. The highest BCUT2D eigenvalue weighted by atomic mass is 35.5. The van der Waals surface area contributed by atoms with Gasteiger partial charge >= 0.3 is 5.97 Å². The van der Waals surface area contributed by atoms with E-state index in [2.05, 4.69) is 19.6 Å². The molecule has 0 aliphatic heterocycles. The van der Waals surface area contributed by atoms with Crippen LogP contribution >= 0.6 is 11.6 Å². The van der Waals surface area contributed by atoms with Crippen molar-refractivity contribution in [2.75, 3.05) is 7.11 Å². The molecule has 1 heterocycles. The Morgan fingerprint density at radius 2 is 1.75 bits per heavy atom. The molecule has 1 N–H and O–H groups in total. The van der Waals surface area contributed by atoms with Crippen LogP contribution in [0, 0.1) is 0 Å². The Kier molecular flexibility index (Phi) is 5.36. The maximum atomic E-state index is 13.5. The van der Waals surface area contributed by atoms with Gasteiger partial charge in [0.05, 0.1) is 27.1 Å². The first-order valence-electron chi connectivity index (χ1n) is 8.87. The molecule has 5 nitrogen and oxygen atoms in total. The van der Waals surface area contributed by atoms with Gasteiger partial charge in [0.2, 0.25) is 0 Å². The van der Waals surface area contributed by atoms with Gasteiger partial charge in [-0.1, -0.05) is 31.2 Å². The van der Waals surface area contributed by atoms with Crippen LogP contribution in [0.1, 0.15) is 15.9 Å². The fraction of sp³-hybridized carbons (Fsp3) is 0.238. The summed E-state index contributed by atoms with van der Waals surface area (Å²) in [6.07, 6.45) is -0.149. The summed E-state index contributed by atoms with van der Waals surface area (Å²) >= 11 is 5.97. The molecular weight excluding hydrogens is 394 g/mol. The predicted octanol–water partition coefficient (Wildman–Crippen LogP) is 4.16. The van der Waals surface area contributed by atoms with Gasteiger partial charge in [0.1, 0.15) is 5.75 Å². The van der Waals surface area contributed by atoms with Gasteiger partial charge in [0.15, 0.2) is 0 Å². The topological polar surface area (TPSA) is 68.5 Å². The van der Waals surface area contributed by atoms with Gasteiger partial charge in [-0.2, -0.15) is 0 Å². The van der Waals surface area contributed by atoms with Crippen molar-refractivity contribution in [2.45, 2.75) is 26.1 Å². The first-order chi connectivity index (χ1) is 13.1. The predicted molar refractivity (Wildman–Crippen MR) is 114 cm³/mol. The number of methoxy groups -OCH3 is 1. The number of carboxylic acids is 1. The lowest BCUT2D eigenvalue weighted by Gasteiger charge is -2.21. The average molecular weight is 416 g/mol. The third-order valence-electron chi connectivity index (χ3n) is 4.61. The summed E-state index contributed by atoms with van der Waals surface area (Å²) in [6.45, 7) is 6.32. The molecule has 28 heavy (non-hydrogen) atoms. The zero-order valence-corrected chi connectivity index (χ0v) is 18.0. The molecule has 0 unspecified atom stereocenters. The summed E-state index contributed by atoms with van der Waals surface area (Å²) < 4.78 is 7.01. The standard InChI is InChI=1S/C21H22ClNO4Si/c1-27-15-9-10-18-16(11-15)17(12-19(24)25)21(28(2,3)4)23(18)20(26)13-5-7-14(22)8-6-13/h5-11H,12H2,1-4H3,(H,24,25). The van der Waals surface area contributed by atoms with Crippen LogP contribution in [0.2, 0.25) is 24.7 Å². The number of rotatable bonds is 5. The van der Waals surface area contributed by atoms with Crippen molar-refractivity contribution in [3.8, 4) is 5.75 Å². The lowest BCUT2D eigenvalue weighted by Crippen LogP contribution is -2.47. The van der Waals surface area contributed by atoms with E-state index in [0.29, 0.717) is 27.4 Å². The molecule has 0 aliphatic rings. The molecule has 0 radical (unpaired) electrons. The smallest absolute Gasteiger partial charge is 0.307 e. The second-order valence-corrected chi connectivity index (χ2v) is 13.1. The Bertz CT molecular complexity index is 1060. The minimum atomic E-state index is -2.09. The quantitative estimate of drug-likeness (QED) is 0.635. The van der Waals surface area contributed by atoms with Crippen molar-refractivity contribution in [3.05, 3.63) is 58.6 Å². The minimum absolute atomic E-state index is 0.149. The monoisotopic (exact) mass is 415 g/mol. The molecule has 0 spiro atoms. The SMILES string of the molecule is COc1ccc2c(c1)c(CC(=O)O)c([Si](C)(C)C)n2C(=O)c1ccc(Cl)cc1. The van der Waals surface area contributed by atoms with Crippen LogP contribution in [-0.2, 0) is 11.2 Å². The summed E-state index contributed by atoms with van der Waals surface area (Å²) in [5, 5.41) is 11.6. The number of aromatic nitrogens is 1. The van der Waals surface area contributed by atoms with Crippen molar-refractivity contribution in [1.82, 2.24) is 4.57 Å². The molecule has 3 aromatic rings. The van der Waals surface area contributed by atoms with Gasteiger partial charge in [0.25, 0.3) is 5.91 Å². The van der Waals surface area contributed by atoms with Gasteiger partial charge in [-0.25, -0.2) is 0 Å². The van der Waals surface area contributed by atoms with Gasteiger partial charge < -0.3 is 9.84 Å². The van der Waals surface area contributed by atoms with Crippen molar-refractivity contribution in [2.24, 2.45) is 0 Å². The maximum Gasteiger partial charge on any atom is 0.307 e. The van der Waals surface area contributed by atoms with Crippen LogP contribution in [0.4, 0.5) is 0 Å². The number of carbonyl (C=O) groups is 2. The molecule has 0 saturated carbocycles. The first-order valence-corrected chi connectivity index (χ1v) is 12.7. The highest BCUT2D eigenvalue weighted by Gasteiger charge is 2.32. The normalized spacial score (nSPS) is 11.6. The van der Waals surface area contributed by atoms with Crippen molar-refractivity contribution < 1.29 is 19.4 Å². The molecular formula is C21H22ClNO4Si. The molecule has 0 amide bonds. The molecule has 3 rings (SSSR count). The number of hydrogen-bond acceptors (Lipinski definition) is 3. The number of carbonyl (C=O) groups excluding carboxylic acids is 1. The Labute approximate surface area is 169 Å². The summed E-state index contributed by atoms with van der Waals surface area (Å²) in [6, 6.07) is 12.1. The van der Waals surface area contributed by atoms with Crippen molar-refractivity contribution >= 4 is 47.8 Å². The number of hydrogen-bond donors (Lipinski definition) is 1.